The van der Waals surface area contributed by atoms with Crippen LogP contribution in [0.2, 0.25) is 10.0 Å². The first-order valence-electron chi connectivity index (χ1n) is 8.23. The van der Waals surface area contributed by atoms with Crippen LogP contribution in [-0.4, -0.2) is 37.6 Å². The summed E-state index contributed by atoms with van der Waals surface area (Å²) in [5, 5.41) is 12.3. The molecule has 2 aliphatic heterocycles. The van der Waals surface area contributed by atoms with Crippen molar-refractivity contribution in [2.45, 2.75) is 6.54 Å². The summed E-state index contributed by atoms with van der Waals surface area (Å²) in [6.45, 7) is 0.177. The lowest BCUT2D eigenvalue weighted by Gasteiger charge is -2.06. The maximum Gasteiger partial charge on any atom is 0.341 e. The molecule has 11 heteroatoms. The van der Waals surface area contributed by atoms with Gasteiger partial charge in [-0.1, -0.05) is 23.2 Å². The molecule has 4 rings (SSSR count). The van der Waals surface area contributed by atoms with E-state index in [-0.39, 0.29) is 0 Å². The third-order valence-electron chi connectivity index (χ3n) is 3.48. The van der Waals surface area contributed by atoms with E-state index in [1.807, 2.05) is 12.1 Å². The number of carboxylic acid groups (broad SMARTS) is 1. The average Bonchev–Trinajstić information content (AvgIpc) is 3.38. The first-order valence-corrected chi connectivity index (χ1v) is 8.98. The molecule has 1 aromatic carbocycles. The molecule has 150 valence electrons. The molecule has 0 spiro atoms. The summed E-state index contributed by atoms with van der Waals surface area (Å²) >= 11 is 11.3. The molecule has 0 unspecified atom stereocenters. The lowest BCUT2D eigenvalue weighted by Crippen LogP contribution is -2.09. The van der Waals surface area contributed by atoms with E-state index in [4.69, 9.17) is 37.5 Å². The molecule has 0 fully saturated rings. The van der Waals surface area contributed by atoms with Crippen molar-refractivity contribution in [2.75, 3.05) is 11.9 Å². The van der Waals surface area contributed by atoms with E-state index in [0.717, 1.165) is 17.3 Å². The number of imidazole rings is 1. The molecule has 2 aromatic rings. The van der Waals surface area contributed by atoms with E-state index in [0.29, 0.717) is 28.2 Å². The molecule has 0 atom stereocenters. The van der Waals surface area contributed by atoms with Crippen LogP contribution >= 0.6 is 23.2 Å². The monoisotopic (exact) mass is 435 g/mol. The van der Waals surface area contributed by atoms with Gasteiger partial charge in [-0.2, -0.15) is 0 Å². The van der Waals surface area contributed by atoms with Crippen LogP contribution < -0.4 is 10.1 Å². The molecule has 9 nitrogen and oxygen atoms in total. The number of aliphatic carboxylic acids is 1. The highest BCUT2D eigenvalue weighted by molar-refractivity contribution is 6.35. The summed E-state index contributed by atoms with van der Waals surface area (Å²) in [4.78, 5) is 25.3. The first kappa shape index (κ1) is 20.4. The number of anilines is 1. The van der Waals surface area contributed by atoms with Crippen molar-refractivity contribution in [3.8, 4) is 17.3 Å². The quantitative estimate of drug-likeness (QED) is 0.415. The zero-order chi connectivity index (χ0) is 20.6. The lowest BCUT2D eigenvalue weighted by atomic mass is 10.3. The Labute approximate surface area is 175 Å². The van der Waals surface area contributed by atoms with Gasteiger partial charge in [0.2, 0.25) is 0 Å². The Morgan fingerprint density at radius 1 is 1.24 bits per heavy atom. The summed E-state index contributed by atoms with van der Waals surface area (Å²) < 4.78 is 10.1. The van der Waals surface area contributed by atoms with Crippen molar-refractivity contribution in [3.63, 3.8) is 0 Å². The Hall–Kier alpha value is -3.30. The number of aromatic amines is 1. The van der Waals surface area contributed by atoms with Gasteiger partial charge >= 0.3 is 5.97 Å². The Balaban J connectivity index is 0.000000170. The average molecular weight is 436 g/mol. The van der Waals surface area contributed by atoms with Crippen LogP contribution in [0.1, 0.15) is 5.76 Å². The number of nitrogens with one attached hydrogen (secondary N) is 2. The number of benzene rings is 1. The fourth-order valence-electron chi connectivity index (χ4n) is 2.21. The number of ether oxygens (including phenoxy) is 1. The predicted octanol–water partition coefficient (Wildman–Crippen LogP) is 3.97. The summed E-state index contributed by atoms with van der Waals surface area (Å²) in [6.07, 6.45) is 4.72. The minimum atomic E-state index is -1.05. The number of carbonyl (C=O) groups is 1. The number of rotatable bonds is 6. The highest BCUT2D eigenvalue weighted by Crippen LogP contribution is 2.27. The van der Waals surface area contributed by atoms with Crippen molar-refractivity contribution in [3.05, 3.63) is 65.1 Å². The summed E-state index contributed by atoms with van der Waals surface area (Å²) in [5.41, 5.74) is 0.731. The molecular weight excluding hydrogens is 421 g/mol. The number of aromatic nitrogens is 4. The zero-order valence-corrected chi connectivity index (χ0v) is 16.3. The molecule has 0 saturated carbocycles. The van der Waals surface area contributed by atoms with E-state index in [2.05, 4.69) is 25.3 Å². The van der Waals surface area contributed by atoms with Crippen LogP contribution in [0.5, 0.6) is 5.75 Å². The smallest absolute Gasteiger partial charge is 0.341 e. The second-order valence-electron chi connectivity index (χ2n) is 5.51. The largest absolute Gasteiger partial charge is 0.480 e. The number of halogens is 2. The van der Waals surface area contributed by atoms with Crippen molar-refractivity contribution < 1.29 is 19.1 Å². The van der Waals surface area contributed by atoms with Crippen molar-refractivity contribution in [1.29, 1.82) is 0 Å². The van der Waals surface area contributed by atoms with Crippen molar-refractivity contribution in [2.24, 2.45) is 0 Å². The zero-order valence-electron chi connectivity index (χ0n) is 14.8. The summed E-state index contributed by atoms with van der Waals surface area (Å²) in [6, 6.07) is 8.34. The van der Waals surface area contributed by atoms with Crippen molar-refractivity contribution in [1.82, 2.24) is 19.9 Å². The number of hydrogen-bond acceptors (Lipinski definition) is 7. The topological polar surface area (TPSA) is 126 Å². The van der Waals surface area contributed by atoms with Crippen LogP contribution in [0.15, 0.2) is 53.7 Å². The maximum absolute atomic E-state index is 10.2. The Bertz CT molecular complexity index is 1040. The van der Waals surface area contributed by atoms with Gasteiger partial charge in [-0.3, -0.25) is 0 Å². The predicted molar refractivity (Wildman–Crippen MR) is 106 cm³/mol. The van der Waals surface area contributed by atoms with Crippen LogP contribution in [0.3, 0.4) is 0 Å². The third kappa shape index (κ3) is 5.84. The van der Waals surface area contributed by atoms with E-state index in [1.54, 1.807) is 18.7 Å². The molecule has 1 aromatic heterocycles. The fraction of sp³-hybridized carbons (Fsp3) is 0.111. The van der Waals surface area contributed by atoms with Gasteiger partial charge in [0.15, 0.2) is 12.4 Å². The Morgan fingerprint density at radius 3 is 2.83 bits per heavy atom. The van der Waals surface area contributed by atoms with E-state index in [9.17, 15) is 4.79 Å². The second-order valence-corrected chi connectivity index (χ2v) is 6.36. The van der Waals surface area contributed by atoms with Gasteiger partial charge in [-0.05, 0) is 30.3 Å². The number of hydrogen-bond donors (Lipinski definition) is 3. The molecular formula is C18H15Cl2N5O4. The minimum absolute atomic E-state index is 0.300. The van der Waals surface area contributed by atoms with Crippen LogP contribution in [0, 0.1) is 0 Å². The van der Waals surface area contributed by atoms with Gasteiger partial charge in [0.1, 0.15) is 29.3 Å². The van der Waals surface area contributed by atoms with Gasteiger partial charge < -0.3 is 24.6 Å². The standard InChI is InChI=1S/C10H9N5O.C8H6Cl2O3/c1-2-7(16-3-1)4-11-9-8-10(13-5-12-8)15-6-14-9;9-5-1-2-7(6(10)3-5)13-4-8(11)12/h1-3,5-6H,4H2,(H2,11,12,13,14,15);1-3H,4H2,(H,11,12). The van der Waals surface area contributed by atoms with Crippen LogP contribution in [-0.2, 0) is 11.3 Å². The van der Waals surface area contributed by atoms with Gasteiger partial charge in [-0.15, -0.1) is 0 Å². The Morgan fingerprint density at radius 2 is 2.10 bits per heavy atom. The van der Waals surface area contributed by atoms with E-state index < -0.39 is 12.6 Å². The molecule has 0 amide bonds. The molecule has 0 radical (unpaired) electrons. The molecule has 0 aliphatic carbocycles. The Kier molecular flexibility index (Phi) is 6.88. The highest BCUT2D eigenvalue weighted by atomic mass is 35.5. The first-order chi connectivity index (χ1) is 14.0. The van der Waals surface area contributed by atoms with Crippen LogP contribution in [0.25, 0.3) is 11.5 Å². The SMILES string of the molecule is O=C(O)COc1ccc(Cl)cc1Cl.c1coc(CNc2[nH]cnc3ncnc2-3)c1. The van der Waals surface area contributed by atoms with E-state index in [1.165, 1.54) is 18.5 Å². The van der Waals surface area contributed by atoms with E-state index >= 15 is 0 Å². The second kappa shape index (κ2) is 9.76. The molecule has 3 N–H and O–H groups in total. The highest BCUT2D eigenvalue weighted by Gasteiger charge is 2.12. The van der Waals surface area contributed by atoms with Gasteiger partial charge in [-0.25, -0.2) is 19.7 Å². The number of fused-ring (bicyclic) bond motifs is 1. The maximum atomic E-state index is 10.2. The lowest BCUT2D eigenvalue weighted by molar-refractivity contribution is -0.139. The molecule has 3 heterocycles. The fourth-order valence-corrected chi connectivity index (χ4v) is 2.68. The molecule has 2 aliphatic rings. The number of nitrogens with zero attached hydrogens (tertiary/aromatic N) is 3. The minimum Gasteiger partial charge on any atom is -0.480 e. The molecule has 0 saturated heterocycles. The number of furan rings is 1. The van der Waals surface area contributed by atoms with Gasteiger partial charge in [0, 0.05) is 5.02 Å². The normalized spacial score (nSPS) is 10.3. The number of carboxylic acids is 1. The number of H-pyrrole nitrogens is 1. The van der Waals surface area contributed by atoms with Gasteiger partial charge in [0.25, 0.3) is 0 Å². The van der Waals surface area contributed by atoms with Crippen molar-refractivity contribution >= 4 is 35.0 Å². The summed E-state index contributed by atoms with van der Waals surface area (Å²) in [5.74, 6) is 1.54. The van der Waals surface area contributed by atoms with Gasteiger partial charge in [0.05, 0.1) is 24.2 Å². The van der Waals surface area contributed by atoms with Crippen LogP contribution in [0.4, 0.5) is 5.82 Å². The third-order valence-corrected chi connectivity index (χ3v) is 4.01. The molecule has 29 heavy (non-hydrogen) atoms. The molecule has 0 bridgehead atoms. The summed E-state index contributed by atoms with van der Waals surface area (Å²) in [7, 11) is 0.